The maximum Gasteiger partial charge on any atom is 0.241 e. The summed E-state index contributed by atoms with van der Waals surface area (Å²) in [4.78, 5) is 12.5. The van der Waals surface area contributed by atoms with Gasteiger partial charge in [0.05, 0.1) is 17.5 Å². The molecular formula is C16H23ClN2O5S. The molecule has 3 N–H and O–H groups in total. The number of aliphatic hydroxyl groups is 1. The minimum absolute atomic E-state index is 0.0303. The molecule has 2 rings (SSSR count). The van der Waals surface area contributed by atoms with Gasteiger partial charge in [0.2, 0.25) is 15.9 Å². The topological polar surface area (TPSA) is 105 Å². The number of carbonyl (C=O) groups excluding carboxylic acids is 1. The molecule has 0 aromatic heterocycles. The Morgan fingerprint density at radius 1 is 1.36 bits per heavy atom. The fraction of sp³-hybridized carbons (Fsp3) is 0.562. The molecule has 9 heteroatoms. The minimum Gasteiger partial charge on any atom is -0.366 e. The van der Waals surface area contributed by atoms with Crippen LogP contribution in [-0.4, -0.2) is 44.4 Å². The van der Waals surface area contributed by atoms with Crippen molar-refractivity contribution >= 4 is 27.5 Å². The van der Waals surface area contributed by atoms with E-state index in [0.717, 1.165) is 0 Å². The summed E-state index contributed by atoms with van der Waals surface area (Å²) in [6.07, 6.45) is -0.273. The lowest BCUT2D eigenvalue weighted by Crippen LogP contribution is -2.51. The van der Waals surface area contributed by atoms with Gasteiger partial charge in [-0.2, -0.15) is 4.72 Å². The van der Waals surface area contributed by atoms with Gasteiger partial charge in [-0.25, -0.2) is 8.42 Å². The molecule has 1 aliphatic heterocycles. The minimum atomic E-state index is -3.88. The van der Waals surface area contributed by atoms with Crippen LogP contribution in [0.15, 0.2) is 29.2 Å². The molecule has 0 spiro atoms. The molecule has 25 heavy (non-hydrogen) atoms. The standard InChI is InChI=1S/C16H23ClN2O5S/c1-10(2)9-14(15(20)18-13-7-8-24-16(13)21)19-25(22,23)12-5-3-11(17)4-6-12/h3-6,10,13-14,16,19,21H,7-9H2,1-2H3,(H,18,20)/t13-,14-,16?/m0/s1. The average Bonchev–Trinajstić information content (AvgIpc) is 2.91. The van der Waals surface area contributed by atoms with Gasteiger partial charge in [0.25, 0.3) is 0 Å². The van der Waals surface area contributed by atoms with E-state index in [-0.39, 0.29) is 10.8 Å². The Bertz CT molecular complexity index is 693. The first-order chi connectivity index (χ1) is 11.7. The van der Waals surface area contributed by atoms with Gasteiger partial charge in [-0.15, -0.1) is 0 Å². The first-order valence-electron chi connectivity index (χ1n) is 8.07. The number of ether oxygens (including phenoxy) is 1. The number of benzene rings is 1. The van der Waals surface area contributed by atoms with Crippen LogP contribution >= 0.6 is 11.6 Å². The van der Waals surface area contributed by atoms with Gasteiger partial charge >= 0.3 is 0 Å². The van der Waals surface area contributed by atoms with E-state index >= 15 is 0 Å². The zero-order valence-electron chi connectivity index (χ0n) is 14.1. The summed E-state index contributed by atoms with van der Waals surface area (Å²) in [6.45, 7) is 4.13. The third-order valence-electron chi connectivity index (χ3n) is 3.83. The van der Waals surface area contributed by atoms with Crippen LogP contribution in [0.3, 0.4) is 0 Å². The Morgan fingerprint density at radius 2 is 2.00 bits per heavy atom. The molecular weight excluding hydrogens is 368 g/mol. The van der Waals surface area contributed by atoms with Gasteiger partial charge in [0.15, 0.2) is 6.29 Å². The number of rotatable bonds is 7. The summed E-state index contributed by atoms with van der Waals surface area (Å²) in [5, 5.41) is 12.7. The number of carbonyl (C=O) groups is 1. The summed E-state index contributed by atoms with van der Waals surface area (Å²) < 4.78 is 32.5. The molecule has 1 heterocycles. The second-order valence-electron chi connectivity index (χ2n) is 6.42. The van der Waals surface area contributed by atoms with E-state index in [1.165, 1.54) is 24.3 Å². The third kappa shape index (κ3) is 5.65. The molecule has 1 amide bonds. The number of hydrogen-bond acceptors (Lipinski definition) is 5. The summed E-state index contributed by atoms with van der Waals surface area (Å²) in [5.74, 6) is -0.394. The zero-order valence-corrected chi connectivity index (χ0v) is 15.7. The highest BCUT2D eigenvalue weighted by molar-refractivity contribution is 7.89. The molecule has 7 nitrogen and oxygen atoms in total. The Hall–Kier alpha value is -1.19. The van der Waals surface area contributed by atoms with Crippen molar-refractivity contribution in [3.8, 4) is 0 Å². The summed E-state index contributed by atoms with van der Waals surface area (Å²) in [6, 6.07) is 4.21. The van der Waals surface area contributed by atoms with E-state index in [4.69, 9.17) is 16.3 Å². The highest BCUT2D eigenvalue weighted by Crippen LogP contribution is 2.17. The second-order valence-corrected chi connectivity index (χ2v) is 8.57. The van der Waals surface area contributed by atoms with E-state index in [2.05, 4.69) is 10.0 Å². The molecule has 1 saturated heterocycles. The number of hydrogen-bond donors (Lipinski definition) is 3. The summed E-state index contributed by atoms with van der Waals surface area (Å²) >= 11 is 5.78. The highest BCUT2D eigenvalue weighted by atomic mass is 35.5. The van der Waals surface area contributed by atoms with E-state index in [9.17, 15) is 18.3 Å². The molecule has 3 atom stereocenters. The smallest absolute Gasteiger partial charge is 0.241 e. The van der Waals surface area contributed by atoms with Gasteiger partial charge in [-0.1, -0.05) is 25.4 Å². The maximum atomic E-state index is 12.5. The van der Waals surface area contributed by atoms with Crippen molar-refractivity contribution in [2.75, 3.05) is 6.61 Å². The van der Waals surface area contributed by atoms with Crippen LogP contribution in [0.5, 0.6) is 0 Å². The van der Waals surface area contributed by atoms with E-state index in [1.54, 1.807) is 0 Å². The maximum absolute atomic E-state index is 12.5. The fourth-order valence-electron chi connectivity index (χ4n) is 2.55. The highest BCUT2D eigenvalue weighted by Gasteiger charge is 2.32. The van der Waals surface area contributed by atoms with Crippen molar-refractivity contribution in [2.45, 2.75) is 50.0 Å². The Morgan fingerprint density at radius 3 is 2.52 bits per heavy atom. The van der Waals surface area contributed by atoms with Crippen molar-refractivity contribution in [3.63, 3.8) is 0 Å². The van der Waals surface area contributed by atoms with Crippen molar-refractivity contribution in [1.82, 2.24) is 10.0 Å². The van der Waals surface area contributed by atoms with Crippen LogP contribution in [0.1, 0.15) is 26.7 Å². The predicted octanol–water partition coefficient (Wildman–Crippen LogP) is 1.26. The number of amides is 1. The van der Waals surface area contributed by atoms with Gasteiger partial charge in [0.1, 0.15) is 6.04 Å². The zero-order chi connectivity index (χ0) is 18.6. The largest absolute Gasteiger partial charge is 0.366 e. The van der Waals surface area contributed by atoms with Crippen LogP contribution in [0.4, 0.5) is 0 Å². The van der Waals surface area contributed by atoms with Crippen molar-refractivity contribution < 1.29 is 23.1 Å². The third-order valence-corrected chi connectivity index (χ3v) is 5.57. The SMILES string of the molecule is CC(C)C[C@H](NS(=O)(=O)c1ccc(Cl)cc1)C(=O)N[C@H]1CCOC1O. The van der Waals surface area contributed by atoms with Gasteiger partial charge in [0, 0.05) is 5.02 Å². The average molecular weight is 391 g/mol. The second kappa shape index (κ2) is 8.46. The predicted molar refractivity (Wildman–Crippen MR) is 93.5 cm³/mol. The quantitative estimate of drug-likeness (QED) is 0.650. The normalized spacial score (nSPS) is 22.1. The fourth-order valence-corrected chi connectivity index (χ4v) is 3.88. The Balaban J connectivity index is 2.13. The van der Waals surface area contributed by atoms with Crippen LogP contribution in [0.2, 0.25) is 5.02 Å². The molecule has 1 aromatic carbocycles. The molecule has 0 saturated carbocycles. The molecule has 0 aliphatic carbocycles. The number of nitrogens with one attached hydrogen (secondary N) is 2. The molecule has 1 aromatic rings. The van der Waals surface area contributed by atoms with E-state index in [0.29, 0.717) is 24.5 Å². The lowest BCUT2D eigenvalue weighted by atomic mass is 10.0. The van der Waals surface area contributed by atoms with Crippen LogP contribution in [0.25, 0.3) is 0 Å². The number of sulfonamides is 1. The molecule has 1 unspecified atom stereocenters. The van der Waals surface area contributed by atoms with Crippen LogP contribution in [-0.2, 0) is 19.6 Å². The monoisotopic (exact) mass is 390 g/mol. The lowest BCUT2D eigenvalue weighted by molar-refractivity contribution is -0.127. The molecule has 0 radical (unpaired) electrons. The molecule has 1 aliphatic rings. The molecule has 0 bridgehead atoms. The van der Waals surface area contributed by atoms with Gasteiger partial charge in [-0.3, -0.25) is 4.79 Å². The first-order valence-corrected chi connectivity index (χ1v) is 9.93. The Kier molecular flexibility index (Phi) is 6.81. The van der Waals surface area contributed by atoms with Gasteiger partial charge < -0.3 is 15.2 Å². The summed E-state index contributed by atoms with van der Waals surface area (Å²) in [5.41, 5.74) is 0. The van der Waals surface area contributed by atoms with Crippen molar-refractivity contribution in [3.05, 3.63) is 29.3 Å². The van der Waals surface area contributed by atoms with Crippen molar-refractivity contribution in [2.24, 2.45) is 5.92 Å². The molecule has 140 valence electrons. The van der Waals surface area contributed by atoms with Crippen LogP contribution < -0.4 is 10.0 Å². The lowest BCUT2D eigenvalue weighted by Gasteiger charge is -2.23. The van der Waals surface area contributed by atoms with E-state index < -0.39 is 34.3 Å². The summed E-state index contributed by atoms with van der Waals surface area (Å²) in [7, 11) is -3.88. The van der Waals surface area contributed by atoms with E-state index in [1.807, 2.05) is 13.8 Å². The number of aliphatic hydroxyl groups excluding tert-OH is 1. The van der Waals surface area contributed by atoms with Gasteiger partial charge in [-0.05, 0) is 43.0 Å². The van der Waals surface area contributed by atoms with Crippen molar-refractivity contribution in [1.29, 1.82) is 0 Å². The number of halogens is 1. The van der Waals surface area contributed by atoms with Crippen LogP contribution in [0, 0.1) is 5.92 Å². The Labute approximate surface area is 152 Å². The first kappa shape index (κ1) is 20.1. The molecule has 1 fully saturated rings.